The lowest BCUT2D eigenvalue weighted by molar-refractivity contribution is -0.153. The van der Waals surface area contributed by atoms with Crippen LogP contribution in [0.25, 0.3) is 0 Å². The molecule has 0 saturated carbocycles. The summed E-state index contributed by atoms with van der Waals surface area (Å²) in [5, 5.41) is 2.64. The van der Waals surface area contributed by atoms with Gasteiger partial charge < -0.3 is 14.8 Å². The summed E-state index contributed by atoms with van der Waals surface area (Å²) in [6.45, 7) is 5.32. The summed E-state index contributed by atoms with van der Waals surface area (Å²) in [6, 6.07) is 14.3. The Hall–Kier alpha value is -3.15. The fourth-order valence-electron chi connectivity index (χ4n) is 2.48. The highest BCUT2D eigenvalue weighted by Crippen LogP contribution is 2.14. The van der Waals surface area contributed by atoms with Gasteiger partial charge in [0.25, 0.3) is 5.91 Å². The van der Waals surface area contributed by atoms with Crippen molar-refractivity contribution in [2.45, 2.75) is 39.7 Å². The Morgan fingerprint density at radius 1 is 1.07 bits per heavy atom. The minimum Gasteiger partial charge on any atom is -0.494 e. The van der Waals surface area contributed by atoms with E-state index in [4.69, 9.17) is 9.47 Å². The summed E-state index contributed by atoms with van der Waals surface area (Å²) < 4.78 is 10.7. The van der Waals surface area contributed by atoms with E-state index in [2.05, 4.69) is 5.32 Å². The maximum absolute atomic E-state index is 12.2. The van der Waals surface area contributed by atoms with Crippen LogP contribution in [-0.4, -0.2) is 30.4 Å². The van der Waals surface area contributed by atoms with Crippen LogP contribution in [0.15, 0.2) is 48.5 Å². The molecule has 28 heavy (non-hydrogen) atoms. The fraction of sp³-hybridized carbons (Fsp3) is 0.318. The third-order valence-corrected chi connectivity index (χ3v) is 4.00. The Morgan fingerprint density at radius 2 is 1.82 bits per heavy atom. The molecule has 0 heterocycles. The van der Waals surface area contributed by atoms with Crippen molar-refractivity contribution in [1.82, 2.24) is 0 Å². The molecular weight excluding hydrogens is 358 g/mol. The van der Waals surface area contributed by atoms with Gasteiger partial charge in [-0.25, -0.2) is 0 Å². The molecule has 0 aliphatic heterocycles. The molecule has 0 aromatic heterocycles. The van der Waals surface area contributed by atoms with Crippen LogP contribution in [0.3, 0.4) is 0 Å². The van der Waals surface area contributed by atoms with Crippen LogP contribution in [0.5, 0.6) is 5.75 Å². The fourth-order valence-corrected chi connectivity index (χ4v) is 2.48. The van der Waals surface area contributed by atoms with Gasteiger partial charge >= 0.3 is 5.97 Å². The van der Waals surface area contributed by atoms with Crippen molar-refractivity contribution >= 4 is 23.3 Å². The maximum Gasteiger partial charge on any atom is 0.306 e. The highest BCUT2D eigenvalue weighted by Gasteiger charge is 2.18. The predicted octanol–water partition coefficient (Wildman–Crippen LogP) is 3.93. The van der Waals surface area contributed by atoms with Gasteiger partial charge in [0.05, 0.1) is 6.61 Å². The van der Waals surface area contributed by atoms with E-state index < -0.39 is 18.0 Å². The van der Waals surface area contributed by atoms with Crippen molar-refractivity contribution in [3.63, 3.8) is 0 Å². The Morgan fingerprint density at radius 3 is 2.54 bits per heavy atom. The van der Waals surface area contributed by atoms with E-state index in [0.29, 0.717) is 24.3 Å². The molecule has 2 rings (SSSR count). The standard InChI is InChI=1S/C22H25NO5/c1-15-7-4-10-20(13-15)27-12-6-11-21(25)28-17(3)22(26)23-19-9-5-8-18(14-19)16(2)24/h4-5,7-10,13-14,17H,6,11-12H2,1-3H3,(H,23,26). The number of ether oxygens (including phenoxy) is 2. The van der Waals surface area contributed by atoms with Crippen LogP contribution in [0, 0.1) is 6.92 Å². The Bertz CT molecular complexity index is 846. The number of aryl methyl sites for hydroxylation is 1. The molecule has 1 N–H and O–H groups in total. The number of carbonyl (C=O) groups excluding carboxylic acids is 3. The van der Waals surface area contributed by atoms with Gasteiger partial charge in [-0.3, -0.25) is 14.4 Å². The quantitative estimate of drug-likeness (QED) is 0.403. The van der Waals surface area contributed by atoms with Crippen molar-refractivity contribution in [3.8, 4) is 5.75 Å². The van der Waals surface area contributed by atoms with Crippen LogP contribution in [0.4, 0.5) is 5.69 Å². The number of amides is 1. The normalized spacial score (nSPS) is 11.4. The Kier molecular flexibility index (Phi) is 7.75. The van der Waals surface area contributed by atoms with Crippen LogP contribution in [0.1, 0.15) is 42.6 Å². The van der Waals surface area contributed by atoms with E-state index >= 15 is 0 Å². The molecular formula is C22H25NO5. The Labute approximate surface area is 164 Å². The molecule has 1 atom stereocenters. The van der Waals surface area contributed by atoms with Gasteiger partial charge in [-0.1, -0.05) is 24.3 Å². The first-order valence-corrected chi connectivity index (χ1v) is 9.16. The summed E-state index contributed by atoms with van der Waals surface area (Å²) in [6.07, 6.45) is -0.295. The smallest absolute Gasteiger partial charge is 0.306 e. The topological polar surface area (TPSA) is 81.7 Å². The minimum atomic E-state index is -0.939. The number of nitrogens with one attached hydrogen (secondary N) is 1. The second-order valence-electron chi connectivity index (χ2n) is 6.53. The maximum atomic E-state index is 12.2. The Balaban J connectivity index is 1.73. The van der Waals surface area contributed by atoms with Gasteiger partial charge in [-0.05, 0) is 57.0 Å². The summed E-state index contributed by atoms with van der Waals surface area (Å²) in [4.78, 5) is 35.5. The third kappa shape index (κ3) is 6.87. The average molecular weight is 383 g/mol. The molecule has 0 aliphatic carbocycles. The lowest BCUT2D eigenvalue weighted by atomic mass is 10.1. The van der Waals surface area contributed by atoms with E-state index in [1.54, 1.807) is 24.3 Å². The van der Waals surface area contributed by atoms with E-state index in [-0.39, 0.29) is 12.2 Å². The van der Waals surface area contributed by atoms with E-state index in [1.807, 2.05) is 31.2 Å². The van der Waals surface area contributed by atoms with Gasteiger partial charge in [-0.2, -0.15) is 0 Å². The van der Waals surface area contributed by atoms with E-state index in [1.165, 1.54) is 13.8 Å². The number of rotatable bonds is 9. The van der Waals surface area contributed by atoms with Crippen molar-refractivity contribution in [3.05, 3.63) is 59.7 Å². The molecule has 1 unspecified atom stereocenters. The second kappa shape index (κ2) is 10.3. The lowest BCUT2D eigenvalue weighted by Gasteiger charge is -2.14. The molecule has 0 fully saturated rings. The molecule has 0 radical (unpaired) electrons. The first-order chi connectivity index (χ1) is 13.3. The summed E-state index contributed by atoms with van der Waals surface area (Å²) >= 11 is 0. The van der Waals surface area contributed by atoms with Crippen LogP contribution < -0.4 is 10.1 Å². The summed E-state index contributed by atoms with van der Waals surface area (Å²) in [7, 11) is 0. The number of carbonyl (C=O) groups is 3. The monoisotopic (exact) mass is 383 g/mol. The molecule has 0 bridgehead atoms. The molecule has 0 aliphatic rings. The number of hydrogen-bond donors (Lipinski definition) is 1. The lowest BCUT2D eigenvalue weighted by Crippen LogP contribution is -2.30. The number of benzene rings is 2. The van der Waals surface area contributed by atoms with E-state index in [0.717, 1.165) is 11.3 Å². The molecule has 1 amide bonds. The number of anilines is 1. The van der Waals surface area contributed by atoms with Crippen molar-refractivity contribution in [1.29, 1.82) is 0 Å². The highest BCUT2D eigenvalue weighted by molar-refractivity contribution is 5.98. The number of hydrogen-bond acceptors (Lipinski definition) is 5. The zero-order valence-electron chi connectivity index (χ0n) is 16.4. The van der Waals surface area contributed by atoms with E-state index in [9.17, 15) is 14.4 Å². The molecule has 6 heteroatoms. The average Bonchev–Trinajstić information content (AvgIpc) is 2.65. The zero-order valence-corrected chi connectivity index (χ0v) is 16.4. The number of esters is 1. The van der Waals surface area contributed by atoms with Gasteiger partial charge in [0, 0.05) is 17.7 Å². The zero-order chi connectivity index (χ0) is 20.5. The van der Waals surface area contributed by atoms with Crippen LogP contribution in [0.2, 0.25) is 0 Å². The van der Waals surface area contributed by atoms with Gasteiger partial charge in [0.2, 0.25) is 0 Å². The van der Waals surface area contributed by atoms with Crippen molar-refractivity contribution in [2.24, 2.45) is 0 Å². The molecule has 0 spiro atoms. The highest BCUT2D eigenvalue weighted by atomic mass is 16.5. The summed E-state index contributed by atoms with van der Waals surface area (Å²) in [5.41, 5.74) is 2.08. The van der Waals surface area contributed by atoms with Gasteiger partial charge in [0.1, 0.15) is 5.75 Å². The van der Waals surface area contributed by atoms with Gasteiger partial charge in [0.15, 0.2) is 11.9 Å². The number of ketones is 1. The molecule has 6 nitrogen and oxygen atoms in total. The van der Waals surface area contributed by atoms with Crippen molar-refractivity contribution in [2.75, 3.05) is 11.9 Å². The largest absolute Gasteiger partial charge is 0.494 e. The SMILES string of the molecule is CC(=O)c1cccc(NC(=O)C(C)OC(=O)CCCOc2cccc(C)c2)c1. The van der Waals surface area contributed by atoms with Crippen LogP contribution in [-0.2, 0) is 14.3 Å². The first-order valence-electron chi connectivity index (χ1n) is 9.16. The first kappa shape index (κ1) is 21.2. The molecule has 0 saturated heterocycles. The predicted molar refractivity (Wildman–Crippen MR) is 107 cm³/mol. The molecule has 2 aromatic carbocycles. The summed E-state index contributed by atoms with van der Waals surface area (Å²) in [5.74, 6) is -0.254. The molecule has 148 valence electrons. The van der Waals surface area contributed by atoms with Gasteiger partial charge in [-0.15, -0.1) is 0 Å². The number of Topliss-reactive ketones (excluding diaryl/α,β-unsaturated/α-hetero) is 1. The molecule has 2 aromatic rings. The van der Waals surface area contributed by atoms with Crippen molar-refractivity contribution < 1.29 is 23.9 Å². The van der Waals surface area contributed by atoms with Crippen LogP contribution >= 0.6 is 0 Å². The second-order valence-corrected chi connectivity index (χ2v) is 6.53. The third-order valence-electron chi connectivity index (χ3n) is 4.00. The minimum absolute atomic E-state index is 0.0940.